The second-order valence-corrected chi connectivity index (χ2v) is 3.96. The Hall–Kier alpha value is -1.83. The zero-order valence-corrected chi connectivity index (χ0v) is 10.2. The van der Waals surface area contributed by atoms with Gasteiger partial charge in [0, 0.05) is 18.7 Å². The average Bonchev–Trinajstić information content (AvgIpc) is 2.45. The highest BCUT2D eigenvalue weighted by atomic mass is 16.5. The molecule has 0 spiro atoms. The molecule has 0 aliphatic carbocycles. The summed E-state index contributed by atoms with van der Waals surface area (Å²) in [5, 5.41) is 0. The van der Waals surface area contributed by atoms with Gasteiger partial charge >= 0.3 is 0 Å². The van der Waals surface area contributed by atoms with Crippen molar-refractivity contribution in [2.24, 2.45) is 5.73 Å². The molecular weight excluding hydrogens is 228 g/mol. The molecule has 1 amide bonds. The highest BCUT2D eigenvalue weighted by molar-refractivity contribution is 5.96. The highest BCUT2D eigenvalue weighted by Crippen LogP contribution is 2.12. The number of carbonyl (C=O) groups excluding carboxylic acids is 1. The van der Waals surface area contributed by atoms with Crippen molar-refractivity contribution in [3.63, 3.8) is 0 Å². The Morgan fingerprint density at radius 3 is 2.78 bits per heavy atom. The predicted octanol–water partition coefficient (Wildman–Crippen LogP) is 0.469. The highest BCUT2D eigenvalue weighted by Gasteiger charge is 2.20. The van der Waals surface area contributed by atoms with Crippen molar-refractivity contribution in [2.75, 3.05) is 32.8 Å². The van der Waals surface area contributed by atoms with Crippen molar-refractivity contribution in [1.82, 2.24) is 4.90 Å². The monoisotopic (exact) mass is 244 g/mol. The van der Waals surface area contributed by atoms with E-state index >= 15 is 0 Å². The summed E-state index contributed by atoms with van der Waals surface area (Å²) in [5.41, 5.74) is 6.73. The summed E-state index contributed by atoms with van der Waals surface area (Å²) >= 11 is 0. The number of ether oxygens (including phenoxy) is 1. The molecule has 0 aromatic heterocycles. The van der Waals surface area contributed by atoms with E-state index in [4.69, 9.17) is 10.5 Å². The van der Waals surface area contributed by atoms with E-state index < -0.39 is 0 Å². The van der Waals surface area contributed by atoms with E-state index in [9.17, 15) is 4.79 Å². The van der Waals surface area contributed by atoms with Gasteiger partial charge in [-0.25, -0.2) is 0 Å². The van der Waals surface area contributed by atoms with Crippen molar-refractivity contribution < 1.29 is 9.53 Å². The van der Waals surface area contributed by atoms with Gasteiger partial charge in [-0.05, 0) is 12.1 Å². The fourth-order valence-electron chi connectivity index (χ4n) is 1.86. The SMILES string of the molecule is NCC#Cc1ccccc1C(=O)N1CCOCC1. The molecule has 94 valence electrons. The van der Waals surface area contributed by atoms with Crippen LogP contribution in [0.3, 0.4) is 0 Å². The maximum absolute atomic E-state index is 12.4. The Morgan fingerprint density at radius 2 is 2.06 bits per heavy atom. The van der Waals surface area contributed by atoms with E-state index in [0.717, 1.165) is 5.56 Å². The Morgan fingerprint density at radius 1 is 1.33 bits per heavy atom. The van der Waals surface area contributed by atoms with Crippen LogP contribution in [0.15, 0.2) is 24.3 Å². The fourth-order valence-corrected chi connectivity index (χ4v) is 1.86. The molecule has 0 atom stereocenters. The average molecular weight is 244 g/mol. The van der Waals surface area contributed by atoms with E-state index in [1.54, 1.807) is 11.0 Å². The van der Waals surface area contributed by atoms with Gasteiger partial charge in [-0.1, -0.05) is 24.0 Å². The van der Waals surface area contributed by atoms with Gasteiger partial charge in [0.15, 0.2) is 0 Å². The van der Waals surface area contributed by atoms with Crippen molar-refractivity contribution in [1.29, 1.82) is 0 Å². The molecule has 0 bridgehead atoms. The number of amides is 1. The fraction of sp³-hybridized carbons (Fsp3) is 0.357. The number of rotatable bonds is 1. The van der Waals surface area contributed by atoms with Gasteiger partial charge in [0.2, 0.25) is 0 Å². The summed E-state index contributed by atoms with van der Waals surface area (Å²) in [4.78, 5) is 14.2. The van der Waals surface area contributed by atoms with Crippen LogP contribution in [0.5, 0.6) is 0 Å². The van der Waals surface area contributed by atoms with Gasteiger partial charge in [0.1, 0.15) is 0 Å². The summed E-state index contributed by atoms with van der Waals surface area (Å²) in [5.74, 6) is 5.74. The number of carbonyl (C=O) groups is 1. The third-order valence-corrected chi connectivity index (χ3v) is 2.78. The lowest BCUT2D eigenvalue weighted by Gasteiger charge is -2.27. The zero-order chi connectivity index (χ0) is 12.8. The van der Waals surface area contributed by atoms with Gasteiger partial charge in [-0.3, -0.25) is 4.79 Å². The first-order chi connectivity index (χ1) is 8.83. The number of morpholine rings is 1. The lowest BCUT2D eigenvalue weighted by atomic mass is 10.1. The molecule has 4 heteroatoms. The predicted molar refractivity (Wildman–Crippen MR) is 69.1 cm³/mol. The van der Waals surface area contributed by atoms with Crippen LogP contribution in [0, 0.1) is 11.8 Å². The van der Waals surface area contributed by atoms with Gasteiger partial charge in [-0.2, -0.15) is 0 Å². The Bertz CT molecular complexity index is 482. The molecule has 1 heterocycles. The molecule has 2 N–H and O–H groups in total. The number of hydrogen-bond acceptors (Lipinski definition) is 3. The zero-order valence-electron chi connectivity index (χ0n) is 10.2. The summed E-state index contributed by atoms with van der Waals surface area (Å²) < 4.78 is 5.24. The first-order valence-corrected chi connectivity index (χ1v) is 5.98. The minimum Gasteiger partial charge on any atom is -0.378 e. The van der Waals surface area contributed by atoms with Crippen molar-refractivity contribution in [3.8, 4) is 11.8 Å². The van der Waals surface area contributed by atoms with Crippen LogP contribution in [0.1, 0.15) is 15.9 Å². The third-order valence-electron chi connectivity index (χ3n) is 2.78. The lowest BCUT2D eigenvalue weighted by molar-refractivity contribution is 0.0302. The second-order valence-electron chi connectivity index (χ2n) is 3.96. The smallest absolute Gasteiger partial charge is 0.255 e. The molecule has 18 heavy (non-hydrogen) atoms. The van der Waals surface area contributed by atoms with Crippen LogP contribution in [-0.2, 0) is 4.74 Å². The minimum absolute atomic E-state index is 0.0141. The number of nitrogens with two attached hydrogens (primary N) is 1. The van der Waals surface area contributed by atoms with Crippen molar-refractivity contribution in [3.05, 3.63) is 35.4 Å². The van der Waals surface area contributed by atoms with E-state index in [1.165, 1.54) is 0 Å². The maximum Gasteiger partial charge on any atom is 0.255 e. The molecule has 1 aliphatic rings. The van der Waals surface area contributed by atoms with E-state index in [0.29, 0.717) is 38.4 Å². The van der Waals surface area contributed by atoms with Gasteiger partial charge in [0.25, 0.3) is 5.91 Å². The molecular formula is C14H16N2O2. The van der Waals surface area contributed by atoms with Crippen molar-refractivity contribution >= 4 is 5.91 Å². The minimum atomic E-state index is 0.0141. The molecule has 1 saturated heterocycles. The first-order valence-electron chi connectivity index (χ1n) is 5.98. The third kappa shape index (κ3) is 2.89. The van der Waals surface area contributed by atoms with Crippen LogP contribution in [-0.4, -0.2) is 43.7 Å². The molecule has 0 unspecified atom stereocenters. The molecule has 0 saturated carbocycles. The molecule has 1 aliphatic heterocycles. The van der Waals surface area contributed by atoms with Crippen molar-refractivity contribution in [2.45, 2.75) is 0 Å². The normalized spacial score (nSPS) is 14.8. The summed E-state index contributed by atoms with van der Waals surface area (Å²) in [6.07, 6.45) is 0. The van der Waals surface area contributed by atoms with Crippen LogP contribution in [0.25, 0.3) is 0 Å². The Kier molecular flexibility index (Phi) is 4.35. The summed E-state index contributed by atoms with van der Waals surface area (Å²) in [6, 6.07) is 7.37. The molecule has 1 fully saturated rings. The first kappa shape index (κ1) is 12.6. The quantitative estimate of drug-likeness (QED) is 0.731. The number of benzene rings is 1. The summed E-state index contributed by atoms with van der Waals surface area (Å²) in [6.45, 7) is 2.76. The molecule has 1 aromatic carbocycles. The topological polar surface area (TPSA) is 55.6 Å². The van der Waals surface area contributed by atoms with Crippen LogP contribution in [0.4, 0.5) is 0 Å². The Balaban J connectivity index is 2.23. The van der Waals surface area contributed by atoms with E-state index in [2.05, 4.69) is 11.8 Å². The maximum atomic E-state index is 12.4. The van der Waals surface area contributed by atoms with E-state index in [-0.39, 0.29) is 5.91 Å². The van der Waals surface area contributed by atoms with Gasteiger partial charge in [-0.15, -0.1) is 0 Å². The molecule has 1 aromatic rings. The number of nitrogens with zero attached hydrogens (tertiary/aromatic N) is 1. The number of hydrogen-bond donors (Lipinski definition) is 1. The molecule has 0 radical (unpaired) electrons. The van der Waals surface area contributed by atoms with Crippen LogP contribution < -0.4 is 5.73 Å². The van der Waals surface area contributed by atoms with Gasteiger partial charge in [0.05, 0.1) is 25.3 Å². The van der Waals surface area contributed by atoms with Gasteiger partial charge < -0.3 is 15.4 Å². The van der Waals surface area contributed by atoms with E-state index in [1.807, 2.05) is 18.2 Å². The molecule has 2 rings (SSSR count). The summed E-state index contributed by atoms with van der Waals surface area (Å²) in [7, 11) is 0. The standard InChI is InChI=1S/C14H16N2O2/c15-7-3-5-12-4-1-2-6-13(12)14(17)16-8-10-18-11-9-16/h1-2,4,6H,7-11,15H2. The Labute approximate surface area is 107 Å². The lowest BCUT2D eigenvalue weighted by Crippen LogP contribution is -2.40. The largest absolute Gasteiger partial charge is 0.378 e. The van der Waals surface area contributed by atoms with Crippen LogP contribution in [0.2, 0.25) is 0 Å². The second kappa shape index (κ2) is 6.20. The van der Waals surface area contributed by atoms with Crippen LogP contribution >= 0.6 is 0 Å². The molecule has 4 nitrogen and oxygen atoms in total.